The Labute approximate surface area is 382 Å². The van der Waals surface area contributed by atoms with Gasteiger partial charge in [-0.25, -0.2) is 0 Å². The summed E-state index contributed by atoms with van der Waals surface area (Å²) in [6.07, 6.45) is 5.45. The van der Waals surface area contributed by atoms with Crippen molar-refractivity contribution in [3.05, 3.63) is 144 Å². The molecule has 0 nitrogen and oxygen atoms in total. The van der Waals surface area contributed by atoms with Crippen molar-refractivity contribution in [2.75, 3.05) is 0 Å². The number of benzene rings is 4. The van der Waals surface area contributed by atoms with Crippen molar-refractivity contribution in [2.45, 2.75) is 151 Å². The summed E-state index contributed by atoms with van der Waals surface area (Å²) in [7, 11) is 0. The number of hydrogen-bond donors (Lipinski definition) is 0. The molecule has 0 radical (unpaired) electrons. The smallest absolute Gasteiger partial charge is 1.00 e. The van der Waals surface area contributed by atoms with E-state index in [0.717, 1.165) is 19.3 Å². The molecule has 0 bridgehead atoms. The van der Waals surface area contributed by atoms with E-state index < -0.39 is 0 Å². The van der Waals surface area contributed by atoms with Gasteiger partial charge in [0.15, 0.2) is 0 Å². The Kier molecular flexibility index (Phi) is 20.1. The van der Waals surface area contributed by atoms with Crippen LogP contribution in [0.1, 0.15) is 150 Å². The molecule has 314 valence electrons. The first kappa shape index (κ1) is 53.4. The van der Waals surface area contributed by atoms with E-state index >= 15 is 0 Å². The van der Waals surface area contributed by atoms with E-state index in [9.17, 15) is 0 Å². The van der Waals surface area contributed by atoms with Crippen LogP contribution in [0.3, 0.4) is 0 Å². The van der Waals surface area contributed by atoms with Crippen molar-refractivity contribution < 1.29 is 46.5 Å². The van der Waals surface area contributed by atoms with Gasteiger partial charge in [-0.1, -0.05) is 169 Å². The van der Waals surface area contributed by atoms with Crippen molar-refractivity contribution in [1.82, 2.24) is 0 Å². The molecular formula is C55H72Cl2Ti-4. The number of fused-ring (bicyclic) bond motifs is 2. The average molecular weight is 852 g/mol. The molecule has 0 aliphatic rings. The van der Waals surface area contributed by atoms with Gasteiger partial charge in [-0.05, 0) is 67.9 Å². The number of hydrogen-bond acceptors (Lipinski definition) is 0. The summed E-state index contributed by atoms with van der Waals surface area (Å²) >= 11 is 0. The van der Waals surface area contributed by atoms with Crippen LogP contribution in [0.15, 0.2) is 97.1 Å². The Hall–Kier alpha value is -2.61. The largest absolute Gasteiger partial charge is 2.00 e. The summed E-state index contributed by atoms with van der Waals surface area (Å²) in [5.41, 5.74) is 14.6. The van der Waals surface area contributed by atoms with Gasteiger partial charge in [0.2, 0.25) is 0 Å². The zero-order chi connectivity index (χ0) is 40.9. The quantitative estimate of drug-likeness (QED) is 0.116. The molecule has 0 N–H and O–H groups in total. The zero-order valence-electron chi connectivity index (χ0n) is 38.4. The van der Waals surface area contributed by atoms with Crippen molar-refractivity contribution in [3.8, 4) is 22.3 Å². The van der Waals surface area contributed by atoms with E-state index in [4.69, 9.17) is 0 Å². The normalized spacial score (nSPS) is 11.7. The first-order chi connectivity index (χ1) is 25.6. The van der Waals surface area contributed by atoms with E-state index in [2.05, 4.69) is 208 Å². The predicted molar refractivity (Wildman–Crippen MR) is 248 cm³/mol. The van der Waals surface area contributed by atoms with Crippen LogP contribution in [0.4, 0.5) is 0 Å². The van der Waals surface area contributed by atoms with E-state index in [-0.39, 0.29) is 68.2 Å². The molecular weight excluding hydrogens is 779 g/mol. The van der Waals surface area contributed by atoms with Gasteiger partial charge in [-0.2, -0.15) is 12.1 Å². The maximum atomic E-state index is 3.38. The van der Waals surface area contributed by atoms with Gasteiger partial charge in [-0.3, -0.25) is 0 Å². The molecule has 0 amide bonds. The molecule has 0 saturated carbocycles. The molecule has 0 aromatic heterocycles. The topological polar surface area (TPSA) is 0 Å². The van der Waals surface area contributed by atoms with Crippen molar-refractivity contribution in [2.24, 2.45) is 0 Å². The van der Waals surface area contributed by atoms with E-state index in [0.29, 0.717) is 0 Å². The summed E-state index contributed by atoms with van der Waals surface area (Å²) in [5, 5.41) is 5.51. The minimum Gasteiger partial charge on any atom is -1.00 e. The summed E-state index contributed by atoms with van der Waals surface area (Å²) in [6, 6.07) is 37.4. The Bertz CT molecular complexity index is 1940. The van der Waals surface area contributed by atoms with Crippen molar-refractivity contribution in [1.29, 1.82) is 0 Å². The maximum Gasteiger partial charge on any atom is 2.00 e. The zero-order valence-corrected chi connectivity index (χ0v) is 41.5. The standard InChI is InChI=1S/2C26H33.C3H6.2ClH.Ti/c2*1-8-10-18-13-19-11-9-12-23(24(19)14-18)20-15-21(25(2,3)4)17-22(16-20)26(5,6)7;1-3-2;;;/h2*9,11-17H,8,10H2,1-7H3;1-3H2;2*1H;/q2*-1;-2;;;+2/p-2. The fraction of sp³-hybridized carbons (Fsp3) is 0.418. The van der Waals surface area contributed by atoms with Crippen LogP contribution in [-0.2, 0) is 56.2 Å². The van der Waals surface area contributed by atoms with E-state index in [1.807, 2.05) is 0 Å². The van der Waals surface area contributed by atoms with Crippen LogP contribution in [0.25, 0.3) is 43.8 Å². The summed E-state index contributed by atoms with van der Waals surface area (Å²) in [5.74, 6) is 0. The Morgan fingerprint density at radius 1 is 0.448 bits per heavy atom. The van der Waals surface area contributed by atoms with Crippen molar-refractivity contribution >= 4 is 21.5 Å². The van der Waals surface area contributed by atoms with Gasteiger partial charge in [0.1, 0.15) is 0 Å². The minimum absolute atomic E-state index is 0. The third kappa shape index (κ3) is 13.7. The Balaban J connectivity index is 0.000000518. The van der Waals surface area contributed by atoms with Crippen LogP contribution in [-0.4, -0.2) is 0 Å². The molecule has 6 aromatic rings. The van der Waals surface area contributed by atoms with Crippen LogP contribution >= 0.6 is 0 Å². The maximum absolute atomic E-state index is 3.38. The fourth-order valence-electron chi connectivity index (χ4n) is 7.26. The predicted octanol–water partition coefficient (Wildman–Crippen LogP) is 10.6. The second-order valence-corrected chi connectivity index (χ2v) is 19.8. The Morgan fingerprint density at radius 3 is 0.966 bits per heavy atom. The third-order valence-electron chi connectivity index (χ3n) is 10.7. The molecule has 6 aromatic carbocycles. The first-order valence-corrected chi connectivity index (χ1v) is 20.9. The summed E-state index contributed by atoms with van der Waals surface area (Å²) in [4.78, 5) is 0. The molecule has 58 heavy (non-hydrogen) atoms. The van der Waals surface area contributed by atoms with Gasteiger partial charge in [0.25, 0.3) is 0 Å². The van der Waals surface area contributed by atoms with E-state index in [1.165, 1.54) is 90.0 Å². The van der Waals surface area contributed by atoms with Crippen molar-refractivity contribution in [3.63, 3.8) is 0 Å². The Morgan fingerprint density at radius 2 is 0.724 bits per heavy atom. The monoisotopic (exact) mass is 850 g/mol. The van der Waals surface area contributed by atoms with Crippen LogP contribution in [0, 0.1) is 13.8 Å². The van der Waals surface area contributed by atoms with Crippen LogP contribution in [0.5, 0.6) is 0 Å². The summed E-state index contributed by atoms with van der Waals surface area (Å²) in [6.45, 7) is 38.9. The van der Waals surface area contributed by atoms with Gasteiger partial charge in [0, 0.05) is 0 Å². The molecule has 0 atom stereocenters. The van der Waals surface area contributed by atoms with Crippen LogP contribution in [0.2, 0.25) is 0 Å². The second kappa shape index (κ2) is 21.8. The molecule has 0 aliphatic carbocycles. The van der Waals surface area contributed by atoms with Crippen LogP contribution < -0.4 is 24.8 Å². The average Bonchev–Trinajstić information content (AvgIpc) is 3.70. The third-order valence-corrected chi connectivity index (χ3v) is 10.7. The molecule has 0 aliphatic heterocycles. The molecule has 3 heteroatoms. The number of rotatable bonds is 6. The fourth-order valence-corrected chi connectivity index (χ4v) is 7.26. The second-order valence-electron chi connectivity index (χ2n) is 19.8. The SMILES string of the molecule is CCCc1cc2c(-c3cc(C(C)(C)C)cc(C(C)(C)C)c3)cccc2[cH-]1.CCCc1cc2c(-c3cc(C(C)(C)C)cc(C(C)(C)C)c3)cccc2[cH-]1.[CH2-]C[CH2-].[Cl-].[Cl-].[Ti+2]. The summed E-state index contributed by atoms with van der Waals surface area (Å²) < 4.78 is 0. The van der Waals surface area contributed by atoms with Gasteiger partial charge in [-0.15, -0.1) is 69.1 Å². The number of aryl methyl sites for hydroxylation is 2. The van der Waals surface area contributed by atoms with Gasteiger partial charge >= 0.3 is 21.7 Å². The molecule has 0 saturated heterocycles. The molecule has 0 spiro atoms. The number of halogens is 2. The van der Waals surface area contributed by atoms with Gasteiger partial charge < -0.3 is 45.1 Å². The molecule has 0 fully saturated rings. The molecule has 6 rings (SSSR count). The van der Waals surface area contributed by atoms with Gasteiger partial charge in [0.05, 0.1) is 0 Å². The molecule has 0 heterocycles. The molecule has 0 unspecified atom stereocenters. The first-order valence-electron chi connectivity index (χ1n) is 20.9. The minimum atomic E-state index is 0. The van der Waals surface area contributed by atoms with E-state index in [1.54, 1.807) is 0 Å².